The Bertz CT molecular complexity index is 1230. The Morgan fingerprint density at radius 2 is 1.70 bits per heavy atom. The quantitative estimate of drug-likeness (QED) is 0.178. The second-order valence-corrected chi connectivity index (χ2v) is 14.0. The van der Waals surface area contributed by atoms with Gasteiger partial charge in [0.1, 0.15) is 12.3 Å². The number of fused-ring (bicyclic) bond motifs is 2. The molecule has 4 saturated heterocycles. The fourth-order valence-corrected chi connectivity index (χ4v) is 8.19. The first kappa shape index (κ1) is 35.2. The van der Waals surface area contributed by atoms with Crippen LogP contribution < -0.4 is 15.5 Å². The summed E-state index contributed by atoms with van der Waals surface area (Å²) in [6.07, 6.45) is 2.38. The van der Waals surface area contributed by atoms with E-state index in [-0.39, 0.29) is 42.9 Å². The van der Waals surface area contributed by atoms with Gasteiger partial charge in [0.05, 0.1) is 7.11 Å². The molecule has 11 nitrogen and oxygen atoms in total. The van der Waals surface area contributed by atoms with Crippen molar-refractivity contribution in [2.45, 2.75) is 95.7 Å². The third kappa shape index (κ3) is 7.29. The summed E-state index contributed by atoms with van der Waals surface area (Å²) in [5, 5.41) is 5.73. The normalized spacial score (nSPS) is 33.7. The Labute approximate surface area is 281 Å². The van der Waals surface area contributed by atoms with E-state index in [2.05, 4.69) is 29.4 Å². The minimum absolute atomic E-state index is 0.0641. The van der Waals surface area contributed by atoms with E-state index in [0.29, 0.717) is 37.2 Å². The Morgan fingerprint density at radius 1 is 1.00 bits per heavy atom. The fraction of sp³-hybridized carbons (Fsp3) is 0.727. The standard InChI is InChI=1S/C33H47Cl2N3O8/c1-20-5-10-25-21(2)29(43-31-33(25)24(20)13-14-32(3,44-31)45-46-33)37-28(40)12-11-27(39)36-26(30(41)42-4)19-22-6-8-23(9-7-22)38(17-15-34)18-16-35/h6-9,20-21,24-26,29,31H,5,10-19H2,1-4H3,(H,36,39)(H,37,40)/t20-,21-,24?,25+,26+,29-,31-,32?,33?/m1/s1. The summed E-state index contributed by atoms with van der Waals surface area (Å²) < 4.78 is 17.7. The highest BCUT2D eigenvalue weighted by Gasteiger charge is 2.69. The van der Waals surface area contributed by atoms with Crippen molar-refractivity contribution in [2.75, 3.05) is 36.9 Å². The van der Waals surface area contributed by atoms with Crippen molar-refractivity contribution in [2.24, 2.45) is 23.7 Å². The molecule has 2 amide bonds. The zero-order valence-corrected chi connectivity index (χ0v) is 28.6. The molecule has 0 radical (unpaired) electrons. The maximum atomic E-state index is 13.1. The number of nitrogens with one attached hydrogen (secondary N) is 2. The number of amides is 2. The molecule has 1 aromatic rings. The number of esters is 1. The molecule has 3 unspecified atom stereocenters. The van der Waals surface area contributed by atoms with E-state index >= 15 is 0 Å². The molecule has 5 aliphatic rings. The zero-order valence-electron chi connectivity index (χ0n) is 27.1. The van der Waals surface area contributed by atoms with Gasteiger partial charge in [-0.1, -0.05) is 26.0 Å². The van der Waals surface area contributed by atoms with Crippen LogP contribution in [0.15, 0.2) is 24.3 Å². The first-order valence-electron chi connectivity index (χ1n) is 16.4. The van der Waals surface area contributed by atoms with Gasteiger partial charge in [-0.3, -0.25) is 9.59 Å². The Morgan fingerprint density at radius 3 is 2.37 bits per heavy atom. The van der Waals surface area contributed by atoms with Crippen molar-refractivity contribution >= 4 is 46.7 Å². The first-order chi connectivity index (χ1) is 22.0. The highest BCUT2D eigenvalue weighted by atomic mass is 35.5. The van der Waals surface area contributed by atoms with Gasteiger partial charge in [0.25, 0.3) is 0 Å². The summed E-state index contributed by atoms with van der Waals surface area (Å²) in [5.41, 5.74) is 1.09. The number of carbonyl (C=O) groups excluding carboxylic acids is 3. The summed E-state index contributed by atoms with van der Waals surface area (Å²) in [5.74, 6) is -0.609. The van der Waals surface area contributed by atoms with Crippen molar-refractivity contribution in [1.29, 1.82) is 0 Å². The second-order valence-electron chi connectivity index (χ2n) is 13.3. The van der Waals surface area contributed by atoms with Crippen LogP contribution in [0.1, 0.15) is 64.9 Å². The summed E-state index contributed by atoms with van der Waals surface area (Å²) in [6, 6.07) is 6.76. The lowest BCUT2D eigenvalue weighted by molar-refractivity contribution is -0.571. The van der Waals surface area contributed by atoms with Crippen LogP contribution in [0.2, 0.25) is 0 Å². The fourth-order valence-electron chi connectivity index (χ4n) is 7.78. The van der Waals surface area contributed by atoms with Crippen LogP contribution in [0.3, 0.4) is 0 Å². The minimum Gasteiger partial charge on any atom is -0.467 e. The predicted molar refractivity (Wildman–Crippen MR) is 172 cm³/mol. The number of ether oxygens (including phenoxy) is 3. The lowest BCUT2D eigenvalue weighted by Gasteiger charge is -2.60. The number of nitrogens with zero attached hydrogens (tertiary/aromatic N) is 1. The van der Waals surface area contributed by atoms with Crippen molar-refractivity contribution in [3.05, 3.63) is 29.8 Å². The molecular weight excluding hydrogens is 637 g/mol. The smallest absolute Gasteiger partial charge is 0.328 e. The number of hydrogen-bond acceptors (Lipinski definition) is 9. The van der Waals surface area contributed by atoms with Crippen molar-refractivity contribution in [3.8, 4) is 0 Å². The predicted octanol–water partition coefficient (Wildman–Crippen LogP) is 4.28. The Hall–Kier alpha value is -2.15. The molecule has 46 heavy (non-hydrogen) atoms. The van der Waals surface area contributed by atoms with Crippen LogP contribution in [0.4, 0.5) is 5.69 Å². The SMILES string of the molecule is COC(=O)[C@H](Cc1ccc(N(CCCl)CCCl)cc1)NC(=O)CCC(=O)N[C@@H]1O[C@@H]2OC3(C)CCC4[C@H](C)CC[C@@H]([C@H]1C)C42OO3. The molecule has 1 saturated carbocycles. The molecule has 6 rings (SSSR count). The third-order valence-electron chi connectivity index (χ3n) is 10.3. The molecular formula is C33H47Cl2N3O8. The van der Waals surface area contributed by atoms with Gasteiger partial charge in [0, 0.05) is 68.1 Å². The van der Waals surface area contributed by atoms with Crippen LogP contribution in [0.5, 0.6) is 0 Å². The molecule has 13 heteroatoms. The number of anilines is 1. The van der Waals surface area contributed by atoms with Crippen LogP contribution in [-0.2, 0) is 44.8 Å². The maximum Gasteiger partial charge on any atom is 0.328 e. The molecule has 9 atom stereocenters. The highest BCUT2D eigenvalue weighted by molar-refractivity contribution is 6.18. The van der Waals surface area contributed by atoms with Gasteiger partial charge >= 0.3 is 5.97 Å². The van der Waals surface area contributed by atoms with E-state index in [1.54, 1.807) is 0 Å². The van der Waals surface area contributed by atoms with E-state index in [0.717, 1.165) is 30.5 Å². The van der Waals surface area contributed by atoms with Crippen LogP contribution in [-0.4, -0.2) is 79.7 Å². The largest absolute Gasteiger partial charge is 0.467 e. The van der Waals surface area contributed by atoms with Crippen molar-refractivity contribution < 1.29 is 38.4 Å². The van der Waals surface area contributed by atoms with E-state index in [4.69, 9.17) is 47.2 Å². The number of alkyl halides is 2. The van der Waals surface area contributed by atoms with Gasteiger partial charge in [-0.25, -0.2) is 14.6 Å². The van der Waals surface area contributed by atoms with Crippen LogP contribution in [0.25, 0.3) is 0 Å². The minimum atomic E-state index is -0.905. The van der Waals surface area contributed by atoms with E-state index in [1.807, 2.05) is 31.2 Å². The molecule has 0 aromatic heterocycles. The maximum absolute atomic E-state index is 13.1. The number of rotatable bonds is 13. The van der Waals surface area contributed by atoms with Gasteiger partial charge in [0.15, 0.2) is 11.9 Å². The van der Waals surface area contributed by atoms with Crippen LogP contribution >= 0.6 is 23.2 Å². The molecule has 4 heterocycles. The van der Waals surface area contributed by atoms with Crippen molar-refractivity contribution in [1.82, 2.24) is 10.6 Å². The molecule has 1 aliphatic carbocycles. The van der Waals surface area contributed by atoms with E-state index < -0.39 is 41.8 Å². The molecule has 1 aromatic carbocycles. The van der Waals surface area contributed by atoms with Crippen molar-refractivity contribution in [3.63, 3.8) is 0 Å². The molecule has 256 valence electrons. The third-order valence-corrected chi connectivity index (χ3v) is 10.6. The van der Waals surface area contributed by atoms with E-state index in [9.17, 15) is 14.4 Å². The topological polar surface area (TPSA) is 125 Å². The summed E-state index contributed by atoms with van der Waals surface area (Å²) in [7, 11) is 1.28. The lowest BCUT2D eigenvalue weighted by Crippen LogP contribution is -2.71. The van der Waals surface area contributed by atoms with Gasteiger partial charge < -0.3 is 29.7 Å². The number of methoxy groups -OCH3 is 1. The molecule has 4 aliphatic heterocycles. The number of halogens is 2. The van der Waals surface area contributed by atoms with E-state index in [1.165, 1.54) is 7.11 Å². The zero-order chi connectivity index (χ0) is 33.1. The molecule has 2 N–H and O–H groups in total. The molecule has 2 bridgehead atoms. The average Bonchev–Trinajstić information content (AvgIpc) is 3.27. The van der Waals surface area contributed by atoms with Gasteiger partial charge in [-0.2, -0.15) is 0 Å². The Balaban J connectivity index is 1.16. The summed E-state index contributed by atoms with van der Waals surface area (Å²) >= 11 is 11.9. The lowest BCUT2D eigenvalue weighted by atomic mass is 9.58. The summed E-state index contributed by atoms with van der Waals surface area (Å²) in [6.45, 7) is 7.49. The number of benzene rings is 1. The number of carbonyl (C=O) groups is 3. The molecule has 1 spiro atoms. The van der Waals surface area contributed by atoms with Crippen LogP contribution in [0, 0.1) is 23.7 Å². The summed E-state index contributed by atoms with van der Waals surface area (Å²) in [4.78, 5) is 52.7. The average molecular weight is 685 g/mol. The molecule has 5 fully saturated rings. The first-order valence-corrected chi connectivity index (χ1v) is 17.4. The monoisotopic (exact) mass is 683 g/mol. The highest BCUT2D eigenvalue weighted by Crippen LogP contribution is 2.60. The Kier molecular flexibility index (Phi) is 11.4. The second kappa shape index (κ2) is 15.0. The van der Waals surface area contributed by atoms with Gasteiger partial charge in [0.2, 0.25) is 17.6 Å². The number of hydrogen-bond donors (Lipinski definition) is 2. The van der Waals surface area contributed by atoms with Gasteiger partial charge in [-0.15, -0.1) is 23.2 Å². The van der Waals surface area contributed by atoms with Gasteiger partial charge in [-0.05, 0) is 55.7 Å².